The van der Waals surface area contributed by atoms with Crippen LogP contribution >= 0.6 is 35.0 Å². The highest BCUT2D eigenvalue weighted by molar-refractivity contribution is 7.98. The number of amides is 1. The zero-order valence-corrected chi connectivity index (χ0v) is 12.4. The second-order valence-electron chi connectivity index (χ2n) is 3.79. The van der Waals surface area contributed by atoms with Gasteiger partial charge in [0.2, 0.25) is 0 Å². The van der Waals surface area contributed by atoms with E-state index in [1.807, 2.05) is 24.5 Å². The summed E-state index contributed by atoms with van der Waals surface area (Å²) in [5.74, 6) is -0.208. The first-order valence-electron chi connectivity index (χ1n) is 5.51. The van der Waals surface area contributed by atoms with Crippen molar-refractivity contribution in [3.8, 4) is 0 Å². The molecule has 0 fully saturated rings. The Morgan fingerprint density at radius 3 is 2.63 bits per heavy atom. The summed E-state index contributed by atoms with van der Waals surface area (Å²) in [5.41, 5.74) is 1.09. The average molecular weight is 312 g/mol. The van der Waals surface area contributed by atoms with E-state index in [-0.39, 0.29) is 5.91 Å². The van der Waals surface area contributed by atoms with Gasteiger partial charge < -0.3 is 5.32 Å². The Kier molecular flexibility index (Phi) is 4.75. The Bertz CT molecular complexity index is 616. The molecule has 0 saturated carbocycles. The molecule has 5 heteroatoms. The van der Waals surface area contributed by atoms with Gasteiger partial charge in [-0.25, -0.2) is 0 Å². The molecule has 1 amide bonds. The Morgan fingerprint density at radius 1 is 1.16 bits per heavy atom. The lowest BCUT2D eigenvalue weighted by Crippen LogP contribution is -2.12. The van der Waals surface area contributed by atoms with Gasteiger partial charge in [-0.2, -0.15) is 0 Å². The molecule has 1 N–H and O–H groups in total. The number of anilines is 1. The van der Waals surface area contributed by atoms with E-state index in [9.17, 15) is 4.79 Å². The molecular weight excluding hydrogens is 301 g/mol. The number of nitrogens with one attached hydrogen (secondary N) is 1. The van der Waals surface area contributed by atoms with Gasteiger partial charge in [0.1, 0.15) is 0 Å². The van der Waals surface area contributed by atoms with Crippen LogP contribution in [-0.4, -0.2) is 12.2 Å². The number of carbonyl (C=O) groups is 1. The van der Waals surface area contributed by atoms with Gasteiger partial charge in [0.05, 0.1) is 15.7 Å². The molecule has 0 unspecified atom stereocenters. The summed E-state index contributed by atoms with van der Waals surface area (Å²) in [5, 5.41) is 3.51. The molecule has 0 heterocycles. The molecule has 0 radical (unpaired) electrons. The Balaban J connectivity index is 2.23. The van der Waals surface area contributed by atoms with E-state index in [1.165, 1.54) is 0 Å². The molecule has 0 spiro atoms. The fourth-order valence-corrected chi connectivity index (χ4v) is 2.37. The highest BCUT2D eigenvalue weighted by Crippen LogP contribution is 2.30. The van der Waals surface area contributed by atoms with Crippen LogP contribution < -0.4 is 5.32 Å². The maximum atomic E-state index is 12.1. The first-order chi connectivity index (χ1) is 9.11. The van der Waals surface area contributed by atoms with Crippen LogP contribution in [0.5, 0.6) is 0 Å². The molecular formula is C14H11Cl2NOS. The van der Waals surface area contributed by atoms with Crippen molar-refractivity contribution < 1.29 is 4.79 Å². The van der Waals surface area contributed by atoms with E-state index >= 15 is 0 Å². The molecule has 2 aromatic rings. The van der Waals surface area contributed by atoms with Gasteiger partial charge in [0.15, 0.2) is 0 Å². The summed E-state index contributed by atoms with van der Waals surface area (Å²) in [4.78, 5) is 13.2. The van der Waals surface area contributed by atoms with Gasteiger partial charge in [-0.15, -0.1) is 11.8 Å². The smallest absolute Gasteiger partial charge is 0.255 e. The van der Waals surface area contributed by atoms with Crippen molar-refractivity contribution in [2.75, 3.05) is 11.6 Å². The molecule has 0 bridgehead atoms. The summed E-state index contributed by atoms with van der Waals surface area (Å²) >= 11 is 13.5. The molecule has 0 aromatic heterocycles. The average Bonchev–Trinajstić information content (AvgIpc) is 2.44. The summed E-state index contributed by atoms with van der Waals surface area (Å²) < 4.78 is 0. The normalized spacial score (nSPS) is 10.3. The van der Waals surface area contributed by atoms with Gasteiger partial charge in [-0.3, -0.25) is 4.79 Å². The number of rotatable bonds is 3. The fourth-order valence-electron chi connectivity index (χ4n) is 1.56. The minimum absolute atomic E-state index is 0.208. The van der Waals surface area contributed by atoms with Crippen LogP contribution in [0.3, 0.4) is 0 Å². The Morgan fingerprint density at radius 2 is 1.89 bits per heavy atom. The lowest BCUT2D eigenvalue weighted by atomic mass is 10.2. The van der Waals surface area contributed by atoms with Crippen LogP contribution in [-0.2, 0) is 0 Å². The summed E-state index contributed by atoms with van der Waals surface area (Å²) in [6, 6.07) is 12.5. The Labute approximate surface area is 126 Å². The van der Waals surface area contributed by atoms with Crippen LogP contribution in [0.4, 0.5) is 5.69 Å². The predicted molar refractivity (Wildman–Crippen MR) is 82.6 cm³/mol. The molecule has 2 rings (SSSR count). The number of hydrogen-bond acceptors (Lipinski definition) is 2. The summed E-state index contributed by atoms with van der Waals surface area (Å²) in [7, 11) is 0. The number of benzene rings is 2. The van der Waals surface area contributed by atoms with Crippen molar-refractivity contribution in [2.24, 2.45) is 0 Å². The van der Waals surface area contributed by atoms with Gasteiger partial charge in [0.25, 0.3) is 5.91 Å². The molecule has 19 heavy (non-hydrogen) atoms. The third-order valence-corrected chi connectivity index (χ3v) is 4.08. The van der Waals surface area contributed by atoms with E-state index in [0.29, 0.717) is 21.3 Å². The van der Waals surface area contributed by atoms with E-state index in [1.54, 1.807) is 36.0 Å². The topological polar surface area (TPSA) is 29.1 Å². The SMILES string of the molecule is CSc1cccc(C(=O)Nc2cccc(Cl)c2Cl)c1. The maximum absolute atomic E-state index is 12.1. The molecule has 0 atom stereocenters. The van der Waals surface area contributed by atoms with Crippen LogP contribution in [0, 0.1) is 0 Å². The second kappa shape index (κ2) is 6.33. The number of thioether (sulfide) groups is 1. The van der Waals surface area contributed by atoms with Crippen LogP contribution in [0.15, 0.2) is 47.4 Å². The largest absolute Gasteiger partial charge is 0.321 e. The first kappa shape index (κ1) is 14.3. The first-order valence-corrected chi connectivity index (χ1v) is 7.49. The molecule has 0 aliphatic carbocycles. The number of halogens is 2. The lowest BCUT2D eigenvalue weighted by Gasteiger charge is -2.08. The van der Waals surface area contributed by atoms with Crippen molar-refractivity contribution in [3.63, 3.8) is 0 Å². The minimum atomic E-state index is -0.208. The highest BCUT2D eigenvalue weighted by atomic mass is 35.5. The van der Waals surface area contributed by atoms with Gasteiger partial charge >= 0.3 is 0 Å². The zero-order valence-electron chi connectivity index (χ0n) is 10.1. The monoisotopic (exact) mass is 311 g/mol. The van der Waals surface area contributed by atoms with Crippen LogP contribution in [0.1, 0.15) is 10.4 Å². The van der Waals surface area contributed by atoms with Crippen LogP contribution in [0.25, 0.3) is 0 Å². The molecule has 2 aromatic carbocycles. The Hall–Kier alpha value is -1.16. The van der Waals surface area contributed by atoms with E-state index in [2.05, 4.69) is 5.32 Å². The standard InChI is InChI=1S/C14H11Cl2NOS/c1-19-10-5-2-4-9(8-10)14(18)17-12-7-3-6-11(15)13(12)16/h2-8H,1H3,(H,17,18). The van der Waals surface area contributed by atoms with Crippen molar-refractivity contribution in [3.05, 3.63) is 58.1 Å². The van der Waals surface area contributed by atoms with Crippen molar-refractivity contribution in [2.45, 2.75) is 4.90 Å². The lowest BCUT2D eigenvalue weighted by molar-refractivity contribution is 0.102. The van der Waals surface area contributed by atoms with E-state index in [0.717, 1.165) is 4.90 Å². The highest BCUT2D eigenvalue weighted by Gasteiger charge is 2.10. The zero-order chi connectivity index (χ0) is 13.8. The number of hydrogen-bond donors (Lipinski definition) is 1. The van der Waals surface area contributed by atoms with Gasteiger partial charge in [-0.05, 0) is 36.6 Å². The maximum Gasteiger partial charge on any atom is 0.255 e. The van der Waals surface area contributed by atoms with Crippen molar-refractivity contribution >= 4 is 46.6 Å². The van der Waals surface area contributed by atoms with Crippen molar-refractivity contribution in [1.82, 2.24) is 0 Å². The minimum Gasteiger partial charge on any atom is -0.321 e. The molecule has 2 nitrogen and oxygen atoms in total. The fraction of sp³-hybridized carbons (Fsp3) is 0.0714. The summed E-state index contributed by atoms with van der Waals surface area (Å²) in [6.45, 7) is 0. The van der Waals surface area contributed by atoms with Crippen LogP contribution in [0.2, 0.25) is 10.0 Å². The van der Waals surface area contributed by atoms with Gasteiger partial charge in [0, 0.05) is 10.5 Å². The van der Waals surface area contributed by atoms with E-state index in [4.69, 9.17) is 23.2 Å². The quantitative estimate of drug-likeness (QED) is 0.811. The molecule has 0 saturated heterocycles. The third-order valence-electron chi connectivity index (χ3n) is 2.53. The molecule has 0 aliphatic heterocycles. The van der Waals surface area contributed by atoms with E-state index < -0.39 is 0 Å². The number of carbonyl (C=O) groups excluding carboxylic acids is 1. The second-order valence-corrected chi connectivity index (χ2v) is 5.45. The molecule has 98 valence electrons. The summed E-state index contributed by atoms with van der Waals surface area (Å²) in [6.07, 6.45) is 1.96. The third kappa shape index (κ3) is 3.44. The molecule has 0 aliphatic rings. The van der Waals surface area contributed by atoms with Crippen molar-refractivity contribution in [1.29, 1.82) is 0 Å². The predicted octanol–water partition coefficient (Wildman–Crippen LogP) is 4.97. The van der Waals surface area contributed by atoms with Gasteiger partial charge in [-0.1, -0.05) is 35.3 Å².